The summed E-state index contributed by atoms with van der Waals surface area (Å²) in [7, 11) is 0. The molecule has 0 saturated heterocycles. The predicted molar refractivity (Wildman–Crippen MR) is 94.1 cm³/mol. The highest BCUT2D eigenvalue weighted by Gasteiger charge is 2.40. The van der Waals surface area contributed by atoms with Crippen molar-refractivity contribution in [2.45, 2.75) is 51.2 Å². The zero-order valence-electron chi connectivity index (χ0n) is 15.5. The van der Waals surface area contributed by atoms with Gasteiger partial charge in [0.1, 0.15) is 11.2 Å². The van der Waals surface area contributed by atoms with Gasteiger partial charge in [-0.15, -0.1) is 0 Å². The van der Waals surface area contributed by atoms with Crippen molar-refractivity contribution in [3.05, 3.63) is 41.2 Å². The van der Waals surface area contributed by atoms with E-state index >= 15 is 0 Å². The van der Waals surface area contributed by atoms with Gasteiger partial charge in [-0.2, -0.15) is 33.7 Å². The molecule has 0 unspecified atom stereocenters. The van der Waals surface area contributed by atoms with Gasteiger partial charge in [0, 0.05) is 18.3 Å². The summed E-state index contributed by atoms with van der Waals surface area (Å²) in [5, 5.41) is 18.0. The number of rotatable bonds is 5. The van der Waals surface area contributed by atoms with E-state index in [0.717, 1.165) is 6.20 Å². The number of aromatic amines is 1. The van der Waals surface area contributed by atoms with Crippen molar-refractivity contribution in [2.75, 3.05) is 5.32 Å². The van der Waals surface area contributed by atoms with Crippen molar-refractivity contribution >= 4 is 11.6 Å². The van der Waals surface area contributed by atoms with Crippen LogP contribution in [0.2, 0.25) is 0 Å². The molecule has 2 N–H and O–H groups in total. The number of alkyl halides is 3. The molecule has 1 fully saturated rings. The van der Waals surface area contributed by atoms with Gasteiger partial charge >= 0.3 is 6.18 Å². The fraction of sp³-hybridized carbons (Fsp3) is 0.471. The molecule has 4 rings (SSSR count). The minimum Gasteiger partial charge on any atom is -0.321 e. The van der Waals surface area contributed by atoms with E-state index < -0.39 is 17.3 Å². The van der Waals surface area contributed by atoms with Gasteiger partial charge in [0.15, 0.2) is 0 Å². The van der Waals surface area contributed by atoms with Crippen LogP contribution in [0.4, 0.5) is 24.8 Å². The molecule has 0 aromatic carbocycles. The lowest BCUT2D eigenvalue weighted by Crippen LogP contribution is -2.28. The Morgan fingerprint density at radius 1 is 1.21 bits per heavy atom. The second-order valence-corrected chi connectivity index (χ2v) is 7.38. The van der Waals surface area contributed by atoms with Crippen molar-refractivity contribution in [2.24, 2.45) is 0 Å². The smallest absolute Gasteiger partial charge is 0.321 e. The van der Waals surface area contributed by atoms with E-state index in [-0.39, 0.29) is 17.6 Å². The van der Waals surface area contributed by atoms with Crippen LogP contribution < -0.4 is 5.32 Å². The number of aromatic nitrogens is 7. The van der Waals surface area contributed by atoms with E-state index in [1.807, 2.05) is 13.8 Å². The van der Waals surface area contributed by atoms with Crippen molar-refractivity contribution < 1.29 is 13.2 Å². The van der Waals surface area contributed by atoms with E-state index in [2.05, 4.69) is 35.8 Å². The maximum atomic E-state index is 13.2. The van der Waals surface area contributed by atoms with Gasteiger partial charge in [-0.05, 0) is 33.6 Å². The Hall–Kier alpha value is -2.98. The molecule has 3 aromatic heterocycles. The molecule has 148 valence electrons. The Kier molecular flexibility index (Phi) is 4.12. The van der Waals surface area contributed by atoms with Crippen LogP contribution in [0.3, 0.4) is 0 Å². The first-order valence-electron chi connectivity index (χ1n) is 8.80. The van der Waals surface area contributed by atoms with Crippen LogP contribution in [-0.2, 0) is 11.7 Å². The van der Waals surface area contributed by atoms with Crippen LogP contribution in [-0.4, -0.2) is 35.2 Å². The standard InChI is InChI=1S/C17H19F3N8/c1-9-12(8-28(26-9)16(2,3)13-7-22-27-25-13)23-15-21-6-11(17(18,19)20)14(24-15)10-4-5-10/h6-8,10H,4-5H2,1-3H3,(H,21,23,24)(H,22,25,27). The number of aryl methyl sites for hydroxylation is 1. The minimum absolute atomic E-state index is 0.0537. The van der Waals surface area contributed by atoms with Gasteiger partial charge in [-0.1, -0.05) is 0 Å². The second-order valence-electron chi connectivity index (χ2n) is 7.38. The van der Waals surface area contributed by atoms with E-state index in [4.69, 9.17) is 0 Å². The van der Waals surface area contributed by atoms with Gasteiger partial charge in [0.2, 0.25) is 5.95 Å². The highest BCUT2D eigenvalue weighted by atomic mass is 19.4. The van der Waals surface area contributed by atoms with Crippen LogP contribution >= 0.6 is 0 Å². The van der Waals surface area contributed by atoms with E-state index in [1.165, 1.54) is 0 Å². The molecule has 0 radical (unpaired) electrons. The minimum atomic E-state index is -4.46. The van der Waals surface area contributed by atoms with Crippen LogP contribution in [0.15, 0.2) is 18.6 Å². The predicted octanol–water partition coefficient (Wildman–Crippen LogP) is 3.52. The summed E-state index contributed by atoms with van der Waals surface area (Å²) in [6.07, 6.45) is 1.18. The largest absolute Gasteiger partial charge is 0.419 e. The third-order valence-electron chi connectivity index (χ3n) is 4.85. The first-order valence-corrected chi connectivity index (χ1v) is 8.80. The van der Waals surface area contributed by atoms with E-state index in [9.17, 15) is 13.2 Å². The Morgan fingerprint density at radius 3 is 2.57 bits per heavy atom. The second kappa shape index (κ2) is 6.28. The Morgan fingerprint density at radius 2 is 1.96 bits per heavy atom. The maximum Gasteiger partial charge on any atom is 0.419 e. The number of nitrogens with one attached hydrogen (secondary N) is 2. The summed E-state index contributed by atoms with van der Waals surface area (Å²) in [5.74, 6) is -0.0353. The van der Waals surface area contributed by atoms with Crippen molar-refractivity contribution in [3.63, 3.8) is 0 Å². The van der Waals surface area contributed by atoms with E-state index in [0.29, 0.717) is 29.9 Å². The quantitative estimate of drug-likeness (QED) is 0.690. The number of H-pyrrole nitrogens is 1. The summed E-state index contributed by atoms with van der Waals surface area (Å²) in [6, 6.07) is 0. The first kappa shape index (κ1) is 18.4. The van der Waals surface area contributed by atoms with Crippen molar-refractivity contribution in [1.29, 1.82) is 0 Å². The number of anilines is 2. The highest BCUT2D eigenvalue weighted by molar-refractivity contribution is 5.55. The highest BCUT2D eigenvalue weighted by Crippen LogP contribution is 2.45. The normalized spacial score (nSPS) is 15.1. The lowest BCUT2D eigenvalue weighted by atomic mass is 10.0. The Balaban J connectivity index is 1.64. The third kappa shape index (κ3) is 3.32. The molecule has 0 aliphatic heterocycles. The number of hydrogen-bond donors (Lipinski definition) is 2. The summed E-state index contributed by atoms with van der Waals surface area (Å²) < 4.78 is 41.3. The van der Waals surface area contributed by atoms with Crippen LogP contribution in [0.25, 0.3) is 0 Å². The molecule has 0 atom stereocenters. The van der Waals surface area contributed by atoms with Gasteiger partial charge in [0.05, 0.1) is 28.8 Å². The molecular weight excluding hydrogens is 373 g/mol. The average Bonchev–Trinajstić information content (AvgIpc) is 3.17. The van der Waals surface area contributed by atoms with E-state index in [1.54, 1.807) is 24.0 Å². The molecule has 1 aliphatic rings. The van der Waals surface area contributed by atoms with Gasteiger partial charge in [-0.3, -0.25) is 4.68 Å². The topological polar surface area (TPSA) is 97.2 Å². The molecule has 0 amide bonds. The van der Waals surface area contributed by atoms with Crippen molar-refractivity contribution in [1.82, 2.24) is 35.2 Å². The molecule has 0 spiro atoms. The number of nitrogens with zero attached hydrogens (tertiary/aromatic N) is 6. The molecular formula is C17H19F3N8. The maximum absolute atomic E-state index is 13.2. The molecule has 28 heavy (non-hydrogen) atoms. The Bertz CT molecular complexity index is 986. The van der Waals surface area contributed by atoms with Crippen LogP contribution in [0.1, 0.15) is 55.3 Å². The number of hydrogen-bond acceptors (Lipinski definition) is 6. The van der Waals surface area contributed by atoms with Crippen LogP contribution in [0.5, 0.6) is 0 Å². The SMILES string of the molecule is Cc1nn(C(C)(C)c2cn[nH]n2)cc1Nc1ncc(C(F)(F)F)c(C2CC2)n1. The van der Waals surface area contributed by atoms with Gasteiger partial charge in [0.25, 0.3) is 0 Å². The summed E-state index contributed by atoms with van der Waals surface area (Å²) >= 11 is 0. The van der Waals surface area contributed by atoms with Crippen molar-refractivity contribution in [3.8, 4) is 0 Å². The van der Waals surface area contributed by atoms with Gasteiger partial charge < -0.3 is 5.32 Å². The summed E-state index contributed by atoms with van der Waals surface area (Å²) in [4.78, 5) is 8.02. The summed E-state index contributed by atoms with van der Waals surface area (Å²) in [5.41, 5.74) is 0.685. The zero-order valence-corrected chi connectivity index (χ0v) is 15.5. The first-order chi connectivity index (χ1) is 13.2. The fourth-order valence-electron chi connectivity index (χ4n) is 2.94. The molecule has 3 aromatic rings. The molecule has 8 nitrogen and oxygen atoms in total. The molecule has 0 bridgehead atoms. The average molecular weight is 392 g/mol. The third-order valence-corrected chi connectivity index (χ3v) is 4.85. The number of halogens is 3. The lowest BCUT2D eigenvalue weighted by molar-refractivity contribution is -0.138. The summed E-state index contributed by atoms with van der Waals surface area (Å²) in [6.45, 7) is 5.66. The molecule has 11 heteroatoms. The van der Waals surface area contributed by atoms with Crippen LogP contribution in [0, 0.1) is 6.92 Å². The monoisotopic (exact) mass is 392 g/mol. The molecule has 1 aliphatic carbocycles. The lowest BCUT2D eigenvalue weighted by Gasteiger charge is -2.22. The molecule has 3 heterocycles. The Labute approximate surface area is 158 Å². The zero-order chi connectivity index (χ0) is 20.1. The van der Waals surface area contributed by atoms with Gasteiger partial charge in [-0.25, -0.2) is 9.97 Å². The fourth-order valence-corrected chi connectivity index (χ4v) is 2.94. The molecule has 1 saturated carbocycles.